The number of nitrogens with one attached hydrogen (secondary N) is 1. The predicted octanol–water partition coefficient (Wildman–Crippen LogP) is 4.28. The second kappa shape index (κ2) is 9.82. The van der Waals surface area contributed by atoms with Crippen molar-refractivity contribution in [3.05, 3.63) is 51.8 Å². The van der Waals surface area contributed by atoms with Crippen LogP contribution in [-0.4, -0.2) is 36.6 Å². The van der Waals surface area contributed by atoms with Gasteiger partial charge in [0.15, 0.2) is 15.7 Å². The summed E-state index contributed by atoms with van der Waals surface area (Å²) < 4.78 is 23.8. The summed E-state index contributed by atoms with van der Waals surface area (Å²) in [4.78, 5) is 32.0. The molecule has 166 valence electrons. The van der Waals surface area contributed by atoms with Crippen LogP contribution < -0.4 is 5.32 Å². The van der Waals surface area contributed by atoms with Gasteiger partial charge in [0.1, 0.15) is 0 Å². The first-order chi connectivity index (χ1) is 14.7. The molecular formula is C21H25ClN4O4S. The van der Waals surface area contributed by atoms with Gasteiger partial charge in [-0.05, 0) is 62.1 Å². The quantitative estimate of drug-likeness (QED) is 0.611. The monoisotopic (exact) mass is 464 g/mol. The summed E-state index contributed by atoms with van der Waals surface area (Å²) in [6, 6.07) is 4.65. The summed E-state index contributed by atoms with van der Waals surface area (Å²) in [5, 5.41) is 6.06. The Morgan fingerprint density at radius 1 is 1.23 bits per heavy atom. The number of hydrogen-bond acceptors (Lipinski definition) is 7. The summed E-state index contributed by atoms with van der Waals surface area (Å²) in [7, 11) is -3.45. The van der Waals surface area contributed by atoms with Crippen molar-refractivity contribution in [3.63, 3.8) is 0 Å². The Balaban J connectivity index is 1.84. The molecule has 0 bridgehead atoms. The van der Waals surface area contributed by atoms with Gasteiger partial charge in [-0.25, -0.2) is 13.4 Å². The molecule has 3 rings (SSSR count). The Morgan fingerprint density at radius 3 is 2.48 bits per heavy atom. The van der Waals surface area contributed by atoms with E-state index in [-0.39, 0.29) is 40.1 Å². The van der Waals surface area contributed by atoms with Crippen LogP contribution in [0.5, 0.6) is 0 Å². The maximum Gasteiger partial charge on any atom is 0.226 e. The molecule has 1 fully saturated rings. The minimum absolute atomic E-state index is 0.0601. The van der Waals surface area contributed by atoms with E-state index < -0.39 is 9.84 Å². The first kappa shape index (κ1) is 23.3. The Labute approximate surface area is 186 Å². The molecule has 0 radical (unpaired) electrons. The Hall–Kier alpha value is -2.39. The van der Waals surface area contributed by atoms with E-state index in [1.54, 1.807) is 18.3 Å². The van der Waals surface area contributed by atoms with Gasteiger partial charge in [-0.3, -0.25) is 9.78 Å². The van der Waals surface area contributed by atoms with E-state index in [4.69, 9.17) is 11.6 Å². The largest absolute Gasteiger partial charge is 0.309 e. The number of carbonyl (C=O) groups is 1. The molecule has 1 unspecified atom stereocenters. The van der Waals surface area contributed by atoms with Crippen LogP contribution in [0.1, 0.15) is 49.3 Å². The average Bonchev–Trinajstić information content (AvgIpc) is 2.73. The first-order valence-electron chi connectivity index (χ1n) is 10.1. The number of halogens is 1. The van der Waals surface area contributed by atoms with Crippen LogP contribution in [0, 0.1) is 17.7 Å². The molecule has 1 aromatic carbocycles. The molecule has 0 spiro atoms. The van der Waals surface area contributed by atoms with Crippen LogP contribution in [-0.2, 0) is 14.6 Å². The van der Waals surface area contributed by atoms with Gasteiger partial charge in [-0.1, -0.05) is 22.8 Å². The Kier molecular flexibility index (Phi) is 7.38. The minimum atomic E-state index is -3.45. The van der Waals surface area contributed by atoms with Gasteiger partial charge in [0.05, 0.1) is 34.0 Å². The van der Waals surface area contributed by atoms with Gasteiger partial charge in [-0.2, -0.15) is 4.91 Å². The number of aromatic nitrogens is 2. The summed E-state index contributed by atoms with van der Waals surface area (Å²) >= 11 is 6.27. The van der Waals surface area contributed by atoms with E-state index in [2.05, 4.69) is 20.5 Å². The first-order valence-corrected chi connectivity index (χ1v) is 12.3. The molecule has 1 aliphatic carbocycles. The molecule has 1 amide bonds. The lowest BCUT2D eigenvalue weighted by molar-refractivity contribution is -0.116. The third-order valence-electron chi connectivity index (χ3n) is 5.70. The van der Waals surface area contributed by atoms with E-state index in [0.717, 1.165) is 30.4 Å². The molecule has 0 saturated heterocycles. The summed E-state index contributed by atoms with van der Waals surface area (Å²) in [5.41, 5.74) is 1.54. The van der Waals surface area contributed by atoms with E-state index in [1.165, 1.54) is 12.3 Å². The lowest BCUT2D eigenvalue weighted by Crippen LogP contribution is -2.26. The molecule has 0 aliphatic heterocycles. The zero-order valence-corrected chi connectivity index (χ0v) is 19.0. The van der Waals surface area contributed by atoms with Crippen molar-refractivity contribution in [1.29, 1.82) is 0 Å². The van der Waals surface area contributed by atoms with Gasteiger partial charge in [-0.15, -0.1) is 0 Å². The molecule has 1 aromatic heterocycles. The highest BCUT2D eigenvalue weighted by Crippen LogP contribution is 2.40. The minimum Gasteiger partial charge on any atom is -0.309 e. The van der Waals surface area contributed by atoms with Gasteiger partial charge in [0, 0.05) is 12.7 Å². The van der Waals surface area contributed by atoms with E-state index in [0.29, 0.717) is 18.7 Å². The summed E-state index contributed by atoms with van der Waals surface area (Å²) in [6.07, 6.45) is 7.21. The fourth-order valence-corrected chi connectivity index (χ4v) is 5.40. The highest BCUT2D eigenvalue weighted by molar-refractivity contribution is 7.90. The van der Waals surface area contributed by atoms with Crippen LogP contribution in [0.3, 0.4) is 0 Å². The number of amides is 1. The maximum atomic E-state index is 12.8. The van der Waals surface area contributed by atoms with Crippen molar-refractivity contribution in [3.8, 4) is 0 Å². The Bertz CT molecular complexity index is 1050. The zero-order valence-electron chi connectivity index (χ0n) is 17.4. The maximum absolute atomic E-state index is 12.8. The van der Waals surface area contributed by atoms with Crippen LogP contribution in [0.25, 0.3) is 0 Å². The molecule has 1 heterocycles. The molecule has 1 saturated carbocycles. The van der Waals surface area contributed by atoms with Crippen molar-refractivity contribution < 1.29 is 13.2 Å². The number of nitroso groups, excluding NO2 is 1. The highest BCUT2D eigenvalue weighted by atomic mass is 35.5. The van der Waals surface area contributed by atoms with E-state index in [1.807, 2.05) is 6.92 Å². The normalized spacial score (nSPS) is 20.1. The number of sulfone groups is 1. The molecule has 1 aliphatic rings. The van der Waals surface area contributed by atoms with Crippen LogP contribution in [0.2, 0.25) is 5.02 Å². The lowest BCUT2D eigenvalue weighted by atomic mass is 9.74. The second-order valence-electron chi connectivity index (χ2n) is 8.04. The van der Waals surface area contributed by atoms with Crippen molar-refractivity contribution in [2.75, 3.05) is 11.6 Å². The molecule has 2 aromatic rings. The fourth-order valence-electron chi connectivity index (χ4n) is 4.07. The SMILES string of the molecule is Cc1cnc(NC(=O)CC(c2ccc(S(C)(=O)=O)c(Cl)c2)C2CCC(N=O)CC2)cn1. The van der Waals surface area contributed by atoms with Gasteiger partial charge in [0.25, 0.3) is 0 Å². The van der Waals surface area contributed by atoms with E-state index in [9.17, 15) is 18.1 Å². The average molecular weight is 465 g/mol. The molecule has 8 nitrogen and oxygen atoms in total. The van der Waals surface area contributed by atoms with Crippen LogP contribution >= 0.6 is 11.6 Å². The van der Waals surface area contributed by atoms with Crippen LogP contribution in [0.4, 0.5) is 5.82 Å². The van der Waals surface area contributed by atoms with Gasteiger partial charge < -0.3 is 5.32 Å². The standard InChI is InChI=1S/C21H25ClN4O4S/c1-13-11-24-20(12-23-13)25-21(27)10-17(14-3-6-16(26-28)7-4-14)15-5-8-19(18(22)9-15)31(2,29)30/h5,8-9,11-12,14,16-17H,3-4,6-7,10H2,1-2H3,(H,24,25,27). The molecule has 1 atom stereocenters. The van der Waals surface area contributed by atoms with Crippen LogP contribution in [0.15, 0.2) is 40.7 Å². The number of anilines is 1. The molecule has 31 heavy (non-hydrogen) atoms. The predicted molar refractivity (Wildman–Crippen MR) is 119 cm³/mol. The van der Waals surface area contributed by atoms with Crippen molar-refractivity contribution in [2.45, 2.75) is 55.9 Å². The van der Waals surface area contributed by atoms with Crippen molar-refractivity contribution in [1.82, 2.24) is 9.97 Å². The third-order valence-corrected chi connectivity index (χ3v) is 7.28. The third kappa shape index (κ3) is 6.07. The summed E-state index contributed by atoms with van der Waals surface area (Å²) in [6.45, 7) is 1.81. The Morgan fingerprint density at radius 2 is 1.94 bits per heavy atom. The second-order valence-corrected chi connectivity index (χ2v) is 10.4. The molecule has 1 N–H and O–H groups in total. The smallest absolute Gasteiger partial charge is 0.226 e. The topological polar surface area (TPSA) is 118 Å². The zero-order chi connectivity index (χ0) is 22.6. The number of aryl methyl sites for hydroxylation is 1. The molecular weight excluding hydrogens is 440 g/mol. The lowest BCUT2D eigenvalue weighted by Gasteiger charge is -2.32. The number of hydrogen-bond donors (Lipinski definition) is 1. The van der Waals surface area contributed by atoms with Gasteiger partial charge >= 0.3 is 0 Å². The number of benzene rings is 1. The van der Waals surface area contributed by atoms with Gasteiger partial charge in [0.2, 0.25) is 5.91 Å². The number of rotatable bonds is 7. The number of nitrogens with zero attached hydrogens (tertiary/aromatic N) is 3. The van der Waals surface area contributed by atoms with Crippen molar-refractivity contribution >= 4 is 33.2 Å². The summed E-state index contributed by atoms with van der Waals surface area (Å²) in [5.74, 6) is 0.112. The number of carbonyl (C=O) groups excluding carboxylic acids is 1. The van der Waals surface area contributed by atoms with Crippen molar-refractivity contribution in [2.24, 2.45) is 11.1 Å². The highest BCUT2D eigenvalue weighted by Gasteiger charge is 2.31. The fraction of sp³-hybridized carbons (Fsp3) is 0.476. The molecule has 10 heteroatoms. The van der Waals surface area contributed by atoms with E-state index >= 15 is 0 Å².